The van der Waals surface area contributed by atoms with Crippen molar-refractivity contribution in [2.75, 3.05) is 49.6 Å². The zero-order valence-corrected chi connectivity index (χ0v) is 17.5. The van der Waals surface area contributed by atoms with E-state index in [4.69, 9.17) is 16.3 Å². The number of ether oxygens (including phenoxy) is 1. The van der Waals surface area contributed by atoms with E-state index in [-0.39, 0.29) is 11.4 Å². The number of aromatic nitrogens is 2. The highest BCUT2D eigenvalue weighted by molar-refractivity contribution is 7.89. The molecule has 0 saturated carbocycles. The van der Waals surface area contributed by atoms with Gasteiger partial charge in [0.25, 0.3) is 0 Å². The minimum Gasteiger partial charge on any atom is -0.378 e. The van der Waals surface area contributed by atoms with E-state index in [1.807, 2.05) is 19.9 Å². The maximum Gasteiger partial charge on any atom is 0.240 e. The van der Waals surface area contributed by atoms with Crippen LogP contribution in [0.2, 0.25) is 5.02 Å². The molecule has 8 nitrogen and oxygen atoms in total. The first-order valence-electron chi connectivity index (χ1n) is 9.03. The van der Waals surface area contributed by atoms with Crippen molar-refractivity contribution >= 4 is 33.4 Å². The van der Waals surface area contributed by atoms with Crippen LogP contribution in [0.5, 0.6) is 0 Å². The van der Waals surface area contributed by atoms with Crippen LogP contribution in [0.25, 0.3) is 0 Å². The lowest BCUT2D eigenvalue weighted by atomic mass is 10.2. The molecular weight excluding hydrogens is 402 g/mol. The van der Waals surface area contributed by atoms with Crippen molar-refractivity contribution in [1.29, 1.82) is 0 Å². The van der Waals surface area contributed by atoms with Gasteiger partial charge in [-0.05, 0) is 31.5 Å². The predicted molar refractivity (Wildman–Crippen MR) is 110 cm³/mol. The number of hydrogen-bond donors (Lipinski definition) is 2. The first-order valence-corrected chi connectivity index (χ1v) is 10.9. The van der Waals surface area contributed by atoms with Crippen LogP contribution in [0, 0.1) is 13.8 Å². The molecule has 28 heavy (non-hydrogen) atoms. The van der Waals surface area contributed by atoms with Crippen LogP contribution in [0.3, 0.4) is 0 Å². The summed E-state index contributed by atoms with van der Waals surface area (Å²) in [7, 11) is -3.62. The number of rotatable bonds is 7. The highest BCUT2D eigenvalue weighted by atomic mass is 35.5. The van der Waals surface area contributed by atoms with E-state index >= 15 is 0 Å². The van der Waals surface area contributed by atoms with Crippen LogP contribution in [-0.4, -0.2) is 57.8 Å². The summed E-state index contributed by atoms with van der Waals surface area (Å²) in [5.74, 6) is 1.31. The Bertz CT molecular complexity index is 933. The zero-order valence-electron chi connectivity index (χ0n) is 15.9. The molecule has 1 aromatic carbocycles. The van der Waals surface area contributed by atoms with Crippen LogP contribution in [-0.2, 0) is 14.8 Å². The Hall–Kier alpha value is -1.94. The van der Waals surface area contributed by atoms with Gasteiger partial charge in [-0.1, -0.05) is 17.7 Å². The van der Waals surface area contributed by atoms with E-state index in [1.165, 1.54) is 12.1 Å². The summed E-state index contributed by atoms with van der Waals surface area (Å²) in [6, 6.07) is 6.60. The quantitative estimate of drug-likeness (QED) is 0.654. The Balaban J connectivity index is 1.57. The normalized spacial score (nSPS) is 14.9. The number of sulfonamides is 1. The van der Waals surface area contributed by atoms with Crippen LogP contribution in [0.1, 0.15) is 11.3 Å². The maximum absolute atomic E-state index is 12.4. The third kappa shape index (κ3) is 5.32. The lowest BCUT2D eigenvalue weighted by molar-refractivity contribution is 0.122. The van der Waals surface area contributed by atoms with E-state index < -0.39 is 10.0 Å². The number of benzene rings is 1. The minimum absolute atomic E-state index is 0.143. The number of hydrogen-bond acceptors (Lipinski definition) is 7. The standard InChI is InChI=1S/C18H24ClN5O3S/c1-13-3-4-15(12-16(13)19)28(25,26)21-6-5-20-18-22-14(2)11-17(23-18)24-7-9-27-10-8-24/h3-4,11-12,21H,5-10H2,1-2H3,(H,20,22,23). The lowest BCUT2D eigenvalue weighted by Gasteiger charge is -2.28. The van der Waals surface area contributed by atoms with Crippen LogP contribution in [0.15, 0.2) is 29.2 Å². The molecule has 152 valence electrons. The van der Waals surface area contributed by atoms with Gasteiger partial charge < -0.3 is 15.0 Å². The van der Waals surface area contributed by atoms with E-state index in [2.05, 4.69) is 24.9 Å². The first-order chi connectivity index (χ1) is 13.3. The van der Waals surface area contributed by atoms with Gasteiger partial charge in [0, 0.05) is 43.0 Å². The highest BCUT2D eigenvalue weighted by Gasteiger charge is 2.16. The van der Waals surface area contributed by atoms with Gasteiger partial charge in [-0.25, -0.2) is 18.1 Å². The number of morpholine rings is 1. The number of nitrogens with one attached hydrogen (secondary N) is 2. The minimum atomic E-state index is -3.62. The SMILES string of the molecule is Cc1cc(N2CCOCC2)nc(NCCNS(=O)(=O)c2ccc(C)c(Cl)c2)n1. The van der Waals surface area contributed by atoms with Gasteiger partial charge in [-0.3, -0.25) is 0 Å². The number of halogens is 1. The Morgan fingerprint density at radius 3 is 2.61 bits per heavy atom. The molecule has 3 rings (SSSR count). The smallest absolute Gasteiger partial charge is 0.240 e. The predicted octanol–water partition coefficient (Wildman–Crippen LogP) is 1.97. The molecular formula is C18H24ClN5O3S. The average molecular weight is 426 g/mol. The van der Waals surface area contributed by atoms with Crippen LogP contribution in [0.4, 0.5) is 11.8 Å². The van der Waals surface area contributed by atoms with E-state index in [9.17, 15) is 8.42 Å². The third-order valence-corrected chi connectivity index (χ3v) is 6.20. The maximum atomic E-state index is 12.4. The Kier molecular flexibility index (Phi) is 6.71. The molecule has 2 aromatic rings. The molecule has 1 aliphatic heterocycles. The molecule has 1 saturated heterocycles. The molecule has 0 bridgehead atoms. The lowest BCUT2D eigenvalue weighted by Crippen LogP contribution is -2.37. The van der Waals surface area contributed by atoms with Crippen molar-refractivity contribution in [2.24, 2.45) is 0 Å². The van der Waals surface area contributed by atoms with Crippen molar-refractivity contribution < 1.29 is 13.2 Å². The van der Waals surface area contributed by atoms with Crippen molar-refractivity contribution in [1.82, 2.24) is 14.7 Å². The molecule has 0 radical (unpaired) electrons. The summed E-state index contributed by atoms with van der Waals surface area (Å²) < 4.78 is 32.7. The van der Waals surface area contributed by atoms with E-state index in [1.54, 1.807) is 6.07 Å². The Morgan fingerprint density at radius 2 is 1.89 bits per heavy atom. The summed E-state index contributed by atoms with van der Waals surface area (Å²) >= 11 is 6.02. The second kappa shape index (κ2) is 9.04. The van der Waals surface area contributed by atoms with Crippen molar-refractivity contribution in [3.8, 4) is 0 Å². The fourth-order valence-electron chi connectivity index (χ4n) is 2.77. The molecule has 2 heterocycles. The second-order valence-electron chi connectivity index (χ2n) is 6.53. The third-order valence-electron chi connectivity index (χ3n) is 4.33. The molecule has 0 atom stereocenters. The molecule has 0 amide bonds. The Labute approximate surface area is 170 Å². The summed E-state index contributed by atoms with van der Waals surface area (Å²) in [5, 5.41) is 3.50. The summed E-state index contributed by atoms with van der Waals surface area (Å²) in [6.07, 6.45) is 0. The molecule has 1 aromatic heterocycles. The zero-order chi connectivity index (χ0) is 20.1. The van der Waals surface area contributed by atoms with Gasteiger partial charge in [0.2, 0.25) is 16.0 Å². The summed E-state index contributed by atoms with van der Waals surface area (Å²) in [6.45, 7) is 7.20. The highest BCUT2D eigenvalue weighted by Crippen LogP contribution is 2.20. The molecule has 1 fully saturated rings. The fraction of sp³-hybridized carbons (Fsp3) is 0.444. The van der Waals surface area contributed by atoms with Crippen molar-refractivity contribution in [3.05, 3.63) is 40.5 Å². The van der Waals surface area contributed by atoms with E-state index in [0.717, 1.165) is 30.2 Å². The summed E-state index contributed by atoms with van der Waals surface area (Å²) in [5.41, 5.74) is 1.67. The topological polar surface area (TPSA) is 96.5 Å². The number of anilines is 2. The average Bonchev–Trinajstić information content (AvgIpc) is 2.67. The fourth-order valence-corrected chi connectivity index (χ4v) is 4.07. The largest absolute Gasteiger partial charge is 0.378 e. The number of nitrogens with zero attached hydrogens (tertiary/aromatic N) is 3. The summed E-state index contributed by atoms with van der Waals surface area (Å²) in [4.78, 5) is 11.2. The van der Waals surface area contributed by atoms with Gasteiger partial charge in [0.1, 0.15) is 5.82 Å². The Morgan fingerprint density at radius 1 is 1.14 bits per heavy atom. The first kappa shape index (κ1) is 20.8. The van der Waals surface area contributed by atoms with Gasteiger partial charge in [0.05, 0.1) is 18.1 Å². The van der Waals surface area contributed by atoms with Gasteiger partial charge in [0.15, 0.2) is 0 Å². The molecule has 0 aliphatic carbocycles. The molecule has 2 N–H and O–H groups in total. The van der Waals surface area contributed by atoms with Gasteiger partial charge >= 0.3 is 0 Å². The molecule has 1 aliphatic rings. The van der Waals surface area contributed by atoms with Crippen LogP contribution >= 0.6 is 11.6 Å². The monoisotopic (exact) mass is 425 g/mol. The second-order valence-corrected chi connectivity index (χ2v) is 8.70. The van der Waals surface area contributed by atoms with Crippen molar-refractivity contribution in [3.63, 3.8) is 0 Å². The van der Waals surface area contributed by atoms with Gasteiger partial charge in [-0.2, -0.15) is 4.98 Å². The van der Waals surface area contributed by atoms with E-state index in [0.29, 0.717) is 30.7 Å². The molecule has 0 unspecified atom stereocenters. The van der Waals surface area contributed by atoms with Crippen LogP contribution < -0.4 is 14.9 Å². The van der Waals surface area contributed by atoms with Gasteiger partial charge in [-0.15, -0.1) is 0 Å². The molecule has 10 heteroatoms. The number of aryl methyl sites for hydroxylation is 2. The molecule has 0 spiro atoms. The van der Waals surface area contributed by atoms with Crippen molar-refractivity contribution in [2.45, 2.75) is 18.7 Å².